The van der Waals surface area contributed by atoms with E-state index in [2.05, 4.69) is 179 Å². The van der Waals surface area contributed by atoms with Crippen LogP contribution in [0.4, 0.5) is 0 Å². The second-order valence-electron chi connectivity index (χ2n) is 19.0. The molecule has 2 aromatic heterocycles. The molecule has 4 nitrogen and oxygen atoms in total. The van der Waals surface area contributed by atoms with Gasteiger partial charge in [-0.15, -0.1) is 23.8 Å². The van der Waals surface area contributed by atoms with Gasteiger partial charge in [0.25, 0.3) is 0 Å². The molecule has 0 aliphatic carbocycles. The predicted octanol–water partition coefficient (Wildman–Crippen LogP) is 16.4. The number of nitrogens with zero attached hydrogens (tertiary/aromatic N) is 3. The molecule has 0 spiro atoms. The van der Waals surface area contributed by atoms with Crippen molar-refractivity contribution in [1.82, 2.24) is 14.5 Å². The molecule has 0 saturated heterocycles. The van der Waals surface area contributed by atoms with E-state index in [1.165, 1.54) is 5.56 Å². The van der Waals surface area contributed by atoms with Gasteiger partial charge in [-0.05, 0) is 124 Å². The summed E-state index contributed by atoms with van der Waals surface area (Å²) < 4.78 is 20.0. The first-order valence-electron chi connectivity index (χ1n) is 23.5. The van der Waals surface area contributed by atoms with Crippen LogP contribution in [0.2, 0.25) is 0 Å². The minimum Gasteiger partial charge on any atom is -0.507 e. The molecule has 2 heterocycles. The average Bonchev–Trinajstić information content (AvgIpc) is 3.68. The minimum absolute atomic E-state index is 0. The predicted molar refractivity (Wildman–Crippen MR) is 273 cm³/mol. The Labute approximate surface area is 408 Å². The molecule has 0 saturated carbocycles. The zero-order valence-corrected chi connectivity index (χ0v) is 41.8. The van der Waals surface area contributed by atoms with Crippen molar-refractivity contribution >= 4 is 11.0 Å². The summed E-state index contributed by atoms with van der Waals surface area (Å²) in [7, 11) is 0. The topological polar surface area (TPSA) is 50.9 Å². The Balaban J connectivity index is 0.00000625. The van der Waals surface area contributed by atoms with Gasteiger partial charge in [-0.3, -0.25) is 9.55 Å². The fraction of sp³-hybridized carbons (Fsp3) is 0.213. The fourth-order valence-corrected chi connectivity index (χ4v) is 8.74. The number of imidazole rings is 1. The number of aromatic nitrogens is 3. The van der Waals surface area contributed by atoms with Crippen LogP contribution >= 0.6 is 0 Å². The van der Waals surface area contributed by atoms with Gasteiger partial charge in [-0.25, -0.2) is 4.98 Å². The van der Waals surface area contributed by atoms with E-state index in [9.17, 15) is 5.11 Å². The summed E-state index contributed by atoms with van der Waals surface area (Å²) >= 11 is 0. The quantitative estimate of drug-likeness (QED) is 0.147. The Morgan fingerprint density at radius 2 is 1.23 bits per heavy atom. The van der Waals surface area contributed by atoms with Gasteiger partial charge in [0.15, 0.2) is 0 Å². The molecule has 9 rings (SSSR count). The van der Waals surface area contributed by atoms with Crippen LogP contribution in [-0.2, 0) is 26.5 Å². The molecule has 0 atom stereocenters. The maximum Gasteiger partial charge on any atom is 0.148 e. The molecule has 0 bridgehead atoms. The monoisotopic (exact) mass is 1050 g/mol. The largest absolute Gasteiger partial charge is 0.507 e. The third-order valence-corrected chi connectivity index (χ3v) is 12.6. The number of fused-ring (bicyclic) bond motifs is 1. The molecule has 0 aliphatic heterocycles. The number of hydrogen-bond acceptors (Lipinski definition) is 3. The average molecular weight is 1050 g/mol. The standard InChI is InChI=1S/C61H58N3O.Pt/c1-37(2)46-29-47(38(3)4)31-49(30-46)44-23-24-56(40(6)27-44)64-57-18-14-17-53(58(57)63-60(64)54-36-52(61(8,9)10)28-41(7)59(54)65)50-32-48(42-15-12-11-13-16-42)33-51(34-50)55-35-45(25-26-62-55)43-21-19-39(5)20-22-43;/h11-33,35-38,65H,1-10H3;/q-1;/i37D,38D;. The number of aryl methyl sites for hydroxylation is 3. The molecule has 66 heavy (non-hydrogen) atoms. The molecular weight excluding hydrogens is 986 g/mol. The molecule has 0 amide bonds. The van der Waals surface area contributed by atoms with Gasteiger partial charge < -0.3 is 5.11 Å². The van der Waals surface area contributed by atoms with Crippen LogP contribution in [0, 0.1) is 26.8 Å². The summed E-state index contributed by atoms with van der Waals surface area (Å²) in [4.78, 5) is 10.5. The number of phenolic OH excluding ortho intramolecular Hbond substituents is 1. The zero-order chi connectivity index (χ0) is 47.6. The van der Waals surface area contributed by atoms with Crippen molar-refractivity contribution in [1.29, 1.82) is 0 Å². The van der Waals surface area contributed by atoms with E-state index in [1.54, 1.807) is 0 Å². The van der Waals surface area contributed by atoms with Gasteiger partial charge in [0.2, 0.25) is 0 Å². The summed E-state index contributed by atoms with van der Waals surface area (Å²) in [5.41, 5.74) is 18.7. The summed E-state index contributed by atoms with van der Waals surface area (Å²) in [6, 6.07) is 54.4. The Morgan fingerprint density at radius 1 is 0.591 bits per heavy atom. The number of hydrogen-bond donors (Lipinski definition) is 1. The molecule has 0 unspecified atom stereocenters. The molecule has 9 aromatic rings. The van der Waals surface area contributed by atoms with Gasteiger partial charge in [-0.2, -0.15) is 0 Å². The zero-order valence-electron chi connectivity index (χ0n) is 41.5. The first-order valence-corrected chi connectivity index (χ1v) is 22.5. The van der Waals surface area contributed by atoms with Crippen molar-refractivity contribution in [3.63, 3.8) is 0 Å². The molecule has 0 radical (unpaired) electrons. The SMILES string of the molecule is [2H]C(C)(C)c1cc(-c2ccc(-n3c(-c4cc(C(C)(C)C)cc(C)c4O)nc4c(-c5[c-]c(-c6cc(-c7ccc(C)cc7)ccn6)cc(-c6ccccc6)c5)cccc43)c(C)c2)cc(C([2H])(C)C)c1.[Pt]. The summed E-state index contributed by atoms with van der Waals surface area (Å²) in [6.45, 7) is 20.3. The number of aromatic hydroxyl groups is 1. The van der Waals surface area contributed by atoms with Crippen LogP contribution in [0.15, 0.2) is 152 Å². The molecule has 5 heteroatoms. The molecule has 0 aliphatic rings. The van der Waals surface area contributed by atoms with Crippen LogP contribution in [0.5, 0.6) is 5.75 Å². The van der Waals surface area contributed by atoms with E-state index < -0.39 is 11.8 Å². The van der Waals surface area contributed by atoms with Gasteiger partial charge >= 0.3 is 0 Å². The second-order valence-corrected chi connectivity index (χ2v) is 19.0. The first kappa shape index (κ1) is 43.5. The normalized spacial score (nSPS) is 12.5. The fourth-order valence-electron chi connectivity index (χ4n) is 8.74. The number of benzene rings is 7. The van der Waals surface area contributed by atoms with Crippen molar-refractivity contribution < 1.29 is 28.9 Å². The number of phenols is 1. The van der Waals surface area contributed by atoms with E-state index in [1.807, 2.05) is 52.9 Å². The van der Waals surface area contributed by atoms with Gasteiger partial charge in [0.05, 0.1) is 22.3 Å². The molecule has 334 valence electrons. The van der Waals surface area contributed by atoms with Crippen molar-refractivity contribution in [3.05, 3.63) is 191 Å². The van der Waals surface area contributed by atoms with Crippen molar-refractivity contribution in [2.75, 3.05) is 0 Å². The van der Waals surface area contributed by atoms with E-state index in [0.717, 1.165) is 100 Å². The van der Waals surface area contributed by atoms with Gasteiger partial charge in [-0.1, -0.05) is 174 Å². The Morgan fingerprint density at radius 3 is 1.89 bits per heavy atom. The maximum absolute atomic E-state index is 12.0. The van der Waals surface area contributed by atoms with Crippen LogP contribution in [0.3, 0.4) is 0 Å². The maximum atomic E-state index is 12.0. The minimum atomic E-state index is -0.837. The van der Waals surface area contributed by atoms with Crippen LogP contribution < -0.4 is 0 Å². The van der Waals surface area contributed by atoms with E-state index in [-0.39, 0.29) is 32.2 Å². The first-order chi connectivity index (χ1) is 31.7. The summed E-state index contributed by atoms with van der Waals surface area (Å²) in [5, 5.41) is 12.0. The van der Waals surface area contributed by atoms with Gasteiger partial charge in [0, 0.05) is 35.7 Å². The van der Waals surface area contributed by atoms with E-state index in [4.69, 9.17) is 12.7 Å². The third-order valence-electron chi connectivity index (χ3n) is 12.6. The molecule has 0 fully saturated rings. The Hall–Kier alpha value is -6.35. The smallest absolute Gasteiger partial charge is 0.148 e. The van der Waals surface area contributed by atoms with Crippen LogP contribution in [0.25, 0.3) is 83.9 Å². The third kappa shape index (κ3) is 9.09. The number of para-hydroxylation sites is 1. The Bertz CT molecular complexity index is 3300. The van der Waals surface area contributed by atoms with Crippen molar-refractivity contribution in [2.24, 2.45) is 0 Å². The summed E-state index contributed by atoms with van der Waals surface area (Å²) in [6.07, 6.45) is 1.87. The number of pyridine rings is 1. The van der Waals surface area contributed by atoms with E-state index in [0.29, 0.717) is 11.4 Å². The molecule has 1 N–H and O–H groups in total. The van der Waals surface area contributed by atoms with Crippen LogP contribution in [0.1, 0.15) is 96.4 Å². The van der Waals surface area contributed by atoms with Crippen LogP contribution in [-0.4, -0.2) is 19.6 Å². The van der Waals surface area contributed by atoms with Gasteiger partial charge in [0.1, 0.15) is 11.6 Å². The van der Waals surface area contributed by atoms with Crippen molar-refractivity contribution in [3.8, 4) is 78.6 Å². The van der Waals surface area contributed by atoms with E-state index >= 15 is 0 Å². The van der Waals surface area contributed by atoms with Crippen molar-refractivity contribution in [2.45, 2.75) is 86.4 Å². The molecule has 7 aromatic carbocycles. The number of rotatable bonds is 9. The Kier molecular flexibility index (Phi) is 12.2. The molecular formula is C61H58N3OPt-. The summed E-state index contributed by atoms with van der Waals surface area (Å²) in [5.74, 6) is -0.848. The second kappa shape index (κ2) is 18.5.